The molecule has 8 heteroatoms. The molecule has 4 unspecified atom stereocenters. The number of hydrogen-bond donors (Lipinski definition) is 2. The number of aliphatic hydroxyl groups excluding tert-OH is 2. The van der Waals surface area contributed by atoms with Crippen LogP contribution in [0.2, 0.25) is 0 Å². The molecule has 112 valence electrons. The van der Waals surface area contributed by atoms with Crippen LogP contribution in [-0.2, 0) is 9.47 Å². The van der Waals surface area contributed by atoms with Gasteiger partial charge in [0.1, 0.15) is 18.3 Å². The number of nitrogens with zero attached hydrogens (tertiary/aromatic N) is 2. The van der Waals surface area contributed by atoms with Gasteiger partial charge in [0.05, 0.1) is 13.2 Å². The van der Waals surface area contributed by atoms with Gasteiger partial charge in [-0.1, -0.05) is 0 Å². The lowest BCUT2D eigenvalue weighted by Crippen LogP contribution is -2.35. The Morgan fingerprint density at radius 1 is 1.55 bits per heavy atom. The lowest BCUT2D eigenvalue weighted by atomic mass is 10.1. The summed E-state index contributed by atoms with van der Waals surface area (Å²) in [6.45, 7) is 1.75. The lowest BCUT2D eigenvalue weighted by molar-refractivity contribution is -0.0644. The van der Waals surface area contributed by atoms with Gasteiger partial charge < -0.3 is 24.4 Å². The van der Waals surface area contributed by atoms with E-state index in [1.807, 2.05) is 0 Å². The van der Waals surface area contributed by atoms with Crippen molar-refractivity contribution in [2.24, 2.45) is 0 Å². The van der Waals surface area contributed by atoms with Crippen LogP contribution in [0.3, 0.4) is 0 Å². The normalized spacial score (nSPS) is 29.6. The summed E-state index contributed by atoms with van der Waals surface area (Å²) in [6, 6.07) is 1.34. The predicted octanol–water partition coefficient (Wildman–Crippen LogP) is -1.09. The zero-order valence-corrected chi connectivity index (χ0v) is 11.3. The molecule has 4 atom stereocenters. The summed E-state index contributed by atoms with van der Waals surface area (Å²) in [5.74, 6) is 0. The molecule has 0 saturated carbocycles. The van der Waals surface area contributed by atoms with E-state index in [1.54, 1.807) is 6.92 Å². The fourth-order valence-corrected chi connectivity index (χ4v) is 2.17. The third-order valence-electron chi connectivity index (χ3n) is 3.12. The fraction of sp³-hybridized carbons (Fsp3) is 0.667. The van der Waals surface area contributed by atoms with Crippen LogP contribution < -0.4 is 10.3 Å². The summed E-state index contributed by atoms with van der Waals surface area (Å²) in [4.78, 5) is 15.1. The first-order valence-electron chi connectivity index (χ1n) is 6.31. The summed E-state index contributed by atoms with van der Waals surface area (Å²) in [5.41, 5.74) is -0.434. The van der Waals surface area contributed by atoms with Crippen molar-refractivity contribution in [1.82, 2.24) is 9.55 Å². The molecule has 2 rings (SSSR count). The topological polar surface area (TPSA) is 103 Å². The number of aliphatic hydroxyl groups is 2. The molecular weight excluding hydrogens is 268 g/mol. The van der Waals surface area contributed by atoms with Gasteiger partial charge in [0.15, 0.2) is 6.23 Å². The highest BCUT2D eigenvalue weighted by atomic mass is 16.6. The van der Waals surface area contributed by atoms with E-state index in [0.717, 1.165) is 0 Å². The Bertz CT molecular complexity index is 505. The minimum atomic E-state index is -0.982. The minimum Gasteiger partial charge on any atom is -0.465 e. The fourth-order valence-electron chi connectivity index (χ4n) is 2.17. The molecule has 0 radical (unpaired) electrons. The van der Waals surface area contributed by atoms with Crippen molar-refractivity contribution >= 4 is 0 Å². The average Bonchev–Trinajstić information content (AvgIpc) is 2.75. The first kappa shape index (κ1) is 14.9. The molecule has 0 aromatic carbocycles. The van der Waals surface area contributed by atoms with Crippen LogP contribution in [0.5, 0.6) is 6.01 Å². The molecule has 1 aliphatic rings. The first-order valence-corrected chi connectivity index (χ1v) is 6.31. The third-order valence-corrected chi connectivity index (χ3v) is 3.12. The number of ether oxygens (including phenoxy) is 3. The Morgan fingerprint density at radius 2 is 2.30 bits per heavy atom. The van der Waals surface area contributed by atoms with E-state index in [-0.39, 0.29) is 12.6 Å². The Labute approximate surface area is 115 Å². The molecule has 0 spiro atoms. The van der Waals surface area contributed by atoms with Gasteiger partial charge in [-0.3, -0.25) is 9.36 Å². The van der Waals surface area contributed by atoms with Crippen LogP contribution >= 0.6 is 0 Å². The maximum absolute atomic E-state index is 11.3. The van der Waals surface area contributed by atoms with E-state index < -0.39 is 30.1 Å². The molecule has 1 aliphatic heterocycles. The van der Waals surface area contributed by atoms with Crippen molar-refractivity contribution in [1.29, 1.82) is 0 Å². The summed E-state index contributed by atoms with van der Waals surface area (Å²) in [6.07, 6.45) is -1.72. The van der Waals surface area contributed by atoms with Crippen molar-refractivity contribution in [2.75, 3.05) is 20.3 Å². The molecule has 20 heavy (non-hydrogen) atoms. The molecule has 2 N–H and O–H groups in total. The highest BCUT2D eigenvalue weighted by Gasteiger charge is 2.45. The van der Waals surface area contributed by atoms with E-state index >= 15 is 0 Å². The Kier molecular flexibility index (Phi) is 4.71. The van der Waals surface area contributed by atoms with Gasteiger partial charge in [0, 0.05) is 19.4 Å². The highest BCUT2D eigenvalue weighted by molar-refractivity contribution is 5.04. The van der Waals surface area contributed by atoms with Gasteiger partial charge in [0.2, 0.25) is 0 Å². The second kappa shape index (κ2) is 6.31. The van der Waals surface area contributed by atoms with Gasteiger partial charge in [0.25, 0.3) is 5.56 Å². The molecule has 1 saturated heterocycles. The van der Waals surface area contributed by atoms with Crippen molar-refractivity contribution in [3.8, 4) is 6.01 Å². The van der Waals surface area contributed by atoms with Crippen molar-refractivity contribution < 1.29 is 24.4 Å². The Morgan fingerprint density at radius 3 is 2.90 bits per heavy atom. The molecule has 0 bridgehead atoms. The smallest absolute Gasteiger partial charge is 0.301 e. The average molecular weight is 286 g/mol. The number of hydrogen-bond acceptors (Lipinski definition) is 7. The Balaban J connectivity index is 2.37. The summed E-state index contributed by atoms with van der Waals surface area (Å²) < 4.78 is 17.5. The van der Waals surface area contributed by atoms with Crippen LogP contribution in [0.15, 0.2) is 17.1 Å². The van der Waals surface area contributed by atoms with Gasteiger partial charge in [-0.2, -0.15) is 4.98 Å². The Hall–Kier alpha value is -1.48. The molecule has 0 aliphatic carbocycles. The standard InChI is InChI=1S/C12H18N2O6/c1-3-19-12-13-8(16)4-5-14(12)11-10(18-2)9(17)7(6-15)20-11/h4-5,7,9-11,15,17H,3,6H2,1-2H3. The zero-order chi connectivity index (χ0) is 14.7. The molecule has 1 aromatic heterocycles. The predicted molar refractivity (Wildman–Crippen MR) is 67.5 cm³/mol. The van der Waals surface area contributed by atoms with Gasteiger partial charge in [-0.25, -0.2) is 0 Å². The third kappa shape index (κ3) is 2.68. The number of aromatic nitrogens is 2. The second-order valence-electron chi connectivity index (χ2n) is 4.33. The van der Waals surface area contributed by atoms with E-state index in [1.165, 1.54) is 23.9 Å². The van der Waals surface area contributed by atoms with E-state index in [2.05, 4.69) is 4.98 Å². The molecule has 1 aromatic rings. The van der Waals surface area contributed by atoms with Crippen molar-refractivity contribution in [2.45, 2.75) is 31.5 Å². The van der Waals surface area contributed by atoms with E-state index in [9.17, 15) is 15.0 Å². The summed E-state index contributed by atoms with van der Waals surface area (Å²) in [5, 5.41) is 19.2. The summed E-state index contributed by atoms with van der Waals surface area (Å²) in [7, 11) is 1.43. The van der Waals surface area contributed by atoms with Crippen LogP contribution in [0.25, 0.3) is 0 Å². The molecule has 8 nitrogen and oxygen atoms in total. The second-order valence-corrected chi connectivity index (χ2v) is 4.33. The van der Waals surface area contributed by atoms with Crippen molar-refractivity contribution in [3.05, 3.63) is 22.6 Å². The lowest BCUT2D eigenvalue weighted by Gasteiger charge is -2.22. The van der Waals surface area contributed by atoms with Crippen LogP contribution in [-0.4, -0.2) is 58.4 Å². The maximum atomic E-state index is 11.3. The molecule has 1 fully saturated rings. The monoisotopic (exact) mass is 286 g/mol. The van der Waals surface area contributed by atoms with Gasteiger partial charge in [-0.05, 0) is 6.92 Å². The quantitative estimate of drug-likeness (QED) is 0.708. The number of methoxy groups -OCH3 is 1. The zero-order valence-electron chi connectivity index (χ0n) is 11.3. The molecule has 2 heterocycles. The van der Waals surface area contributed by atoms with Crippen LogP contribution in [0, 0.1) is 0 Å². The molecule has 0 amide bonds. The maximum Gasteiger partial charge on any atom is 0.301 e. The largest absolute Gasteiger partial charge is 0.465 e. The minimum absolute atomic E-state index is 0.0813. The highest BCUT2D eigenvalue weighted by Crippen LogP contribution is 2.32. The van der Waals surface area contributed by atoms with Crippen molar-refractivity contribution in [3.63, 3.8) is 0 Å². The van der Waals surface area contributed by atoms with Gasteiger partial charge in [-0.15, -0.1) is 0 Å². The van der Waals surface area contributed by atoms with E-state index in [4.69, 9.17) is 14.2 Å². The number of rotatable bonds is 5. The molecular formula is C12H18N2O6. The van der Waals surface area contributed by atoms with Crippen LogP contribution in [0.4, 0.5) is 0 Å². The van der Waals surface area contributed by atoms with E-state index in [0.29, 0.717) is 6.61 Å². The van der Waals surface area contributed by atoms with Crippen LogP contribution in [0.1, 0.15) is 13.2 Å². The first-order chi connectivity index (χ1) is 9.62. The SMILES string of the molecule is CCOc1nc(=O)ccn1C1OC(CO)C(O)C1OC. The van der Waals surface area contributed by atoms with Gasteiger partial charge >= 0.3 is 6.01 Å². The summed E-state index contributed by atoms with van der Waals surface area (Å²) >= 11 is 0.